The fourth-order valence-electron chi connectivity index (χ4n) is 20.4. The molecular weight excluding hydrogens is 1590 g/mol. The average molecular weight is 1670 g/mol. The molecule has 0 aliphatic carbocycles. The SMILES string of the molecule is c1ccc(-c2ccc(-c3ccc(-c4c5ccccc5c(-c5ccc(-c6ccccc6)cc5-c5ccccc5)c5ccccc45)c4ccccc34)c(-c3ccccc3)c2)cc1.c1ccc(-c2ccc(-c3ccc(-c4ccc(-c5c6ccccc6c(-c6ccc(-c7ccc(-c8ccccc8)cc7-c7ccccc7)cc6)c6ccccc56)c5ccccc45)cc3)c(-c3ccccc3)c2)cc1. The van der Waals surface area contributed by atoms with E-state index in [2.05, 4.69) is 534 Å². The fraction of sp³-hybridized carbons (Fsp3) is 0. The summed E-state index contributed by atoms with van der Waals surface area (Å²) in [5.41, 5.74) is 39.1. The average Bonchev–Trinajstić information content (AvgIpc) is 0.618. The Labute approximate surface area is 770 Å². The van der Waals surface area contributed by atoms with E-state index in [9.17, 15) is 0 Å². The van der Waals surface area contributed by atoms with Crippen LogP contribution < -0.4 is 0 Å². The second-order valence-corrected chi connectivity index (χ2v) is 34.2. The summed E-state index contributed by atoms with van der Waals surface area (Å²) in [4.78, 5) is 0. The molecule has 0 heterocycles. The van der Waals surface area contributed by atoms with Gasteiger partial charge in [-0.3, -0.25) is 0 Å². The summed E-state index contributed by atoms with van der Waals surface area (Å²) < 4.78 is 0. The molecule has 0 aromatic heterocycles. The summed E-state index contributed by atoms with van der Waals surface area (Å²) in [6, 6.07) is 195. The first-order valence-corrected chi connectivity index (χ1v) is 45.7. The summed E-state index contributed by atoms with van der Waals surface area (Å²) in [5, 5.41) is 14.9. The van der Waals surface area contributed by atoms with Gasteiger partial charge in [-0.1, -0.05) is 510 Å². The van der Waals surface area contributed by atoms with Gasteiger partial charge in [-0.15, -0.1) is 0 Å². The van der Waals surface area contributed by atoms with E-state index in [4.69, 9.17) is 0 Å². The lowest BCUT2D eigenvalue weighted by atomic mass is 9.81. The van der Waals surface area contributed by atoms with E-state index in [1.54, 1.807) is 0 Å². The van der Waals surface area contributed by atoms with Gasteiger partial charge in [0.05, 0.1) is 0 Å². The predicted octanol–water partition coefficient (Wildman–Crippen LogP) is 37.0. The molecule has 0 amide bonds. The Balaban J connectivity index is 0.000000152. The highest BCUT2D eigenvalue weighted by Crippen LogP contribution is 2.53. The van der Waals surface area contributed by atoms with Crippen LogP contribution in [0.3, 0.4) is 0 Å². The molecule has 0 aliphatic rings. The van der Waals surface area contributed by atoms with Crippen molar-refractivity contribution >= 4 is 64.6 Å². The van der Waals surface area contributed by atoms with E-state index >= 15 is 0 Å². The molecule has 0 bridgehead atoms. The smallest absolute Gasteiger partial charge is 0.00201 e. The number of hydrogen-bond acceptors (Lipinski definition) is 0. The van der Waals surface area contributed by atoms with Crippen molar-refractivity contribution in [3.63, 3.8) is 0 Å². The molecule has 0 unspecified atom stereocenters. The molecule has 0 nitrogen and oxygen atoms in total. The van der Waals surface area contributed by atoms with Crippen molar-refractivity contribution in [1.29, 1.82) is 0 Å². The van der Waals surface area contributed by atoms with Gasteiger partial charge in [0.15, 0.2) is 0 Å². The van der Waals surface area contributed by atoms with Crippen molar-refractivity contribution in [2.24, 2.45) is 0 Å². The van der Waals surface area contributed by atoms with Crippen molar-refractivity contribution in [2.45, 2.75) is 0 Å². The summed E-state index contributed by atoms with van der Waals surface area (Å²) in [6.45, 7) is 0. The number of rotatable bonds is 16. The summed E-state index contributed by atoms with van der Waals surface area (Å²) >= 11 is 0. The van der Waals surface area contributed by atoms with Gasteiger partial charge < -0.3 is 0 Å². The monoisotopic (exact) mass is 1670 g/mol. The van der Waals surface area contributed by atoms with Crippen LogP contribution in [0.4, 0.5) is 0 Å². The Bertz CT molecular complexity index is 8280. The zero-order valence-electron chi connectivity index (χ0n) is 72.8. The zero-order chi connectivity index (χ0) is 87.6. The maximum atomic E-state index is 2.37. The number of fused-ring (bicyclic) bond motifs is 6. The molecule has 0 saturated carbocycles. The van der Waals surface area contributed by atoms with E-state index in [1.807, 2.05) is 0 Å². The van der Waals surface area contributed by atoms with Crippen molar-refractivity contribution in [3.05, 3.63) is 534 Å². The van der Waals surface area contributed by atoms with E-state index in [0.717, 1.165) is 0 Å². The van der Waals surface area contributed by atoms with Gasteiger partial charge in [0.1, 0.15) is 0 Å². The molecule has 0 atom stereocenters. The zero-order valence-corrected chi connectivity index (χ0v) is 72.8. The van der Waals surface area contributed by atoms with Crippen LogP contribution in [0.15, 0.2) is 534 Å². The topological polar surface area (TPSA) is 0 Å². The quantitative estimate of drug-likeness (QED) is 0.0846. The minimum Gasteiger partial charge on any atom is -0.0622 e. The molecule has 0 radical (unpaired) electrons. The van der Waals surface area contributed by atoms with E-state index < -0.39 is 0 Å². The standard InChI is InChI=1S/C72H48.C60H40/c1-5-19-49(20-6-1)57-41-43-60(69(47-57)51-23-9-3-10-24-51)54-35-33-53(34-36-54)59-45-46-68(63-28-14-13-27-62(59)63)72-66-31-17-15-29-64(66)71(65-30-16-18-32-67(65)72)56-39-37-55(38-40-56)61-44-42-58(50-21-7-2-8-22-50)48-70(61)52-25-11-4-12-26-52;1-5-19-41(20-6-1)45-33-35-50(57(39-45)43-23-9-3-10-24-43)49-37-38-55(48-28-14-13-27-47(48)49)59-51-29-15-17-31-53(51)60(54-32-18-16-30-52(54)59)56-36-34-46(42-21-7-2-8-22-42)40-58(56)44-25-11-4-12-26-44/h1-48H;1-40H. The summed E-state index contributed by atoms with van der Waals surface area (Å²) in [6.07, 6.45) is 0. The van der Waals surface area contributed by atoms with Gasteiger partial charge in [-0.2, -0.15) is 0 Å². The fourth-order valence-corrected chi connectivity index (χ4v) is 20.4. The normalized spacial score (nSPS) is 11.3. The number of benzene rings is 24. The molecule has 0 fully saturated rings. The Hall–Kier alpha value is -17.2. The Morgan fingerprint density at radius 1 is 0.0682 bits per heavy atom. The predicted molar refractivity (Wildman–Crippen MR) is 565 cm³/mol. The van der Waals surface area contributed by atoms with E-state index in [-0.39, 0.29) is 0 Å². The number of hydrogen-bond donors (Lipinski definition) is 0. The van der Waals surface area contributed by atoms with Crippen molar-refractivity contribution < 1.29 is 0 Å². The third kappa shape index (κ3) is 15.0. The van der Waals surface area contributed by atoms with Gasteiger partial charge in [-0.25, -0.2) is 0 Å². The van der Waals surface area contributed by atoms with E-state index in [1.165, 1.54) is 243 Å². The third-order valence-corrected chi connectivity index (χ3v) is 26.6. The second-order valence-electron chi connectivity index (χ2n) is 34.2. The molecule has 0 N–H and O–H groups in total. The molecule has 0 saturated heterocycles. The lowest BCUT2D eigenvalue weighted by Gasteiger charge is -2.22. The minimum absolute atomic E-state index is 1.19. The Morgan fingerprint density at radius 2 is 0.235 bits per heavy atom. The molecule has 0 aliphatic heterocycles. The molecule has 0 spiro atoms. The molecule has 24 aromatic carbocycles. The maximum Gasteiger partial charge on any atom is -0.00201 e. The first-order valence-electron chi connectivity index (χ1n) is 45.7. The van der Waals surface area contributed by atoms with Gasteiger partial charge in [-0.05, 0) is 267 Å². The summed E-state index contributed by atoms with van der Waals surface area (Å²) in [5.74, 6) is 0. The van der Waals surface area contributed by atoms with Crippen LogP contribution in [0.1, 0.15) is 0 Å². The van der Waals surface area contributed by atoms with Crippen LogP contribution in [-0.4, -0.2) is 0 Å². The van der Waals surface area contributed by atoms with Crippen molar-refractivity contribution in [1.82, 2.24) is 0 Å². The first kappa shape index (κ1) is 79.5. The Morgan fingerprint density at radius 3 is 0.538 bits per heavy atom. The third-order valence-electron chi connectivity index (χ3n) is 26.6. The van der Waals surface area contributed by atoms with Gasteiger partial charge >= 0.3 is 0 Å². The van der Waals surface area contributed by atoms with Gasteiger partial charge in [0.2, 0.25) is 0 Å². The van der Waals surface area contributed by atoms with E-state index in [0.29, 0.717) is 0 Å². The highest BCUT2D eigenvalue weighted by molar-refractivity contribution is 6.27. The van der Waals surface area contributed by atoms with Crippen LogP contribution in [0.2, 0.25) is 0 Å². The Kier molecular flexibility index (Phi) is 21.2. The van der Waals surface area contributed by atoms with Crippen LogP contribution in [0, 0.1) is 0 Å². The minimum atomic E-state index is 1.19. The highest BCUT2D eigenvalue weighted by Gasteiger charge is 2.26. The molecule has 0 heteroatoms. The first-order chi connectivity index (χ1) is 65.5. The molecule has 24 aromatic rings. The van der Waals surface area contributed by atoms with Crippen LogP contribution in [0.5, 0.6) is 0 Å². The maximum absolute atomic E-state index is 2.37. The van der Waals surface area contributed by atoms with Crippen LogP contribution >= 0.6 is 0 Å². The highest BCUT2D eigenvalue weighted by atomic mass is 14.3. The van der Waals surface area contributed by atoms with Crippen molar-refractivity contribution in [3.8, 4) is 178 Å². The van der Waals surface area contributed by atoms with Crippen LogP contribution in [-0.2, 0) is 0 Å². The lowest BCUT2D eigenvalue weighted by Crippen LogP contribution is -1.95. The van der Waals surface area contributed by atoms with Crippen LogP contribution in [0.25, 0.3) is 243 Å². The van der Waals surface area contributed by atoms with Crippen molar-refractivity contribution in [2.75, 3.05) is 0 Å². The molecule has 24 rings (SSSR count). The molecular formula is C132H88. The van der Waals surface area contributed by atoms with Gasteiger partial charge in [0, 0.05) is 0 Å². The molecule has 616 valence electrons. The van der Waals surface area contributed by atoms with Gasteiger partial charge in [0.25, 0.3) is 0 Å². The lowest BCUT2D eigenvalue weighted by molar-refractivity contribution is 1.56. The largest absolute Gasteiger partial charge is 0.0622 e. The molecule has 132 heavy (non-hydrogen) atoms. The second kappa shape index (κ2) is 35.2. The summed E-state index contributed by atoms with van der Waals surface area (Å²) in [7, 11) is 0.